The lowest BCUT2D eigenvalue weighted by Crippen LogP contribution is -2.05. The number of carbonyl (C=O) groups is 1. The summed E-state index contributed by atoms with van der Waals surface area (Å²) in [6.07, 6.45) is 1.96. The number of nitrogens with zero attached hydrogens (tertiary/aromatic N) is 1. The second kappa shape index (κ2) is 5.43. The van der Waals surface area contributed by atoms with E-state index in [1.165, 1.54) is 0 Å². The van der Waals surface area contributed by atoms with Gasteiger partial charge in [0.2, 0.25) is 0 Å². The minimum absolute atomic E-state index is 0.000164. The van der Waals surface area contributed by atoms with Gasteiger partial charge in [-0.25, -0.2) is 0 Å². The highest BCUT2D eigenvalue weighted by Crippen LogP contribution is 2.13. The lowest BCUT2D eigenvalue weighted by molar-refractivity contribution is 0.0988. The lowest BCUT2D eigenvalue weighted by atomic mass is 10.1. The standard InChI is InChI=1S/C13H9BrClNO/c14-10-3-6-12(16-8-10)13(17)7-9-1-4-11(15)5-2-9/h1-6,8H,7H2. The van der Waals surface area contributed by atoms with Crippen molar-refractivity contribution >= 4 is 33.3 Å². The van der Waals surface area contributed by atoms with E-state index in [9.17, 15) is 4.79 Å². The first kappa shape index (κ1) is 12.3. The van der Waals surface area contributed by atoms with Crippen LogP contribution in [0.2, 0.25) is 5.02 Å². The molecule has 0 aliphatic heterocycles. The molecule has 86 valence electrons. The number of aromatic nitrogens is 1. The van der Waals surface area contributed by atoms with Gasteiger partial charge in [-0.1, -0.05) is 23.7 Å². The fourth-order valence-electron chi connectivity index (χ4n) is 1.42. The number of hydrogen-bond acceptors (Lipinski definition) is 2. The van der Waals surface area contributed by atoms with E-state index in [2.05, 4.69) is 20.9 Å². The van der Waals surface area contributed by atoms with Crippen molar-refractivity contribution in [1.29, 1.82) is 0 Å². The molecule has 2 nitrogen and oxygen atoms in total. The molecule has 17 heavy (non-hydrogen) atoms. The van der Waals surface area contributed by atoms with Crippen LogP contribution in [0.15, 0.2) is 47.1 Å². The van der Waals surface area contributed by atoms with E-state index < -0.39 is 0 Å². The maximum Gasteiger partial charge on any atom is 0.185 e. The monoisotopic (exact) mass is 309 g/mol. The minimum atomic E-state index is -0.000164. The van der Waals surface area contributed by atoms with E-state index in [-0.39, 0.29) is 5.78 Å². The number of halogens is 2. The summed E-state index contributed by atoms with van der Waals surface area (Å²) in [5.74, 6) is -0.000164. The normalized spacial score (nSPS) is 10.2. The van der Waals surface area contributed by atoms with Gasteiger partial charge in [0.05, 0.1) is 0 Å². The van der Waals surface area contributed by atoms with Gasteiger partial charge < -0.3 is 0 Å². The minimum Gasteiger partial charge on any atom is -0.292 e. The zero-order valence-corrected chi connectivity index (χ0v) is 11.2. The van der Waals surface area contributed by atoms with Crippen LogP contribution < -0.4 is 0 Å². The molecule has 0 saturated heterocycles. The van der Waals surface area contributed by atoms with E-state index in [1.54, 1.807) is 24.4 Å². The van der Waals surface area contributed by atoms with Gasteiger partial charge in [-0.05, 0) is 45.8 Å². The highest BCUT2D eigenvalue weighted by Gasteiger charge is 2.08. The Labute approximate surface area is 113 Å². The van der Waals surface area contributed by atoms with E-state index in [0.29, 0.717) is 17.1 Å². The Morgan fingerprint density at radius 2 is 1.88 bits per heavy atom. The quantitative estimate of drug-likeness (QED) is 0.804. The van der Waals surface area contributed by atoms with Gasteiger partial charge in [-0.3, -0.25) is 9.78 Å². The van der Waals surface area contributed by atoms with Crippen LogP contribution in [0.25, 0.3) is 0 Å². The molecular weight excluding hydrogens is 302 g/mol. The average molecular weight is 311 g/mol. The van der Waals surface area contributed by atoms with Crippen LogP contribution in [0.3, 0.4) is 0 Å². The number of ketones is 1. The van der Waals surface area contributed by atoms with Crippen LogP contribution in [0.1, 0.15) is 16.1 Å². The molecule has 2 aromatic rings. The Kier molecular flexibility index (Phi) is 3.92. The van der Waals surface area contributed by atoms with Crippen molar-refractivity contribution in [3.8, 4) is 0 Å². The third-order valence-corrected chi connectivity index (χ3v) is 3.01. The van der Waals surface area contributed by atoms with Crippen LogP contribution >= 0.6 is 27.5 Å². The molecule has 0 aliphatic rings. The predicted molar refractivity (Wildman–Crippen MR) is 71.4 cm³/mol. The molecule has 0 saturated carbocycles. The largest absolute Gasteiger partial charge is 0.292 e. The number of carbonyl (C=O) groups excluding carboxylic acids is 1. The third kappa shape index (κ3) is 3.38. The van der Waals surface area contributed by atoms with Crippen molar-refractivity contribution < 1.29 is 4.79 Å². The summed E-state index contributed by atoms with van der Waals surface area (Å²) < 4.78 is 0.862. The molecule has 0 N–H and O–H groups in total. The molecule has 1 aromatic carbocycles. The first-order chi connectivity index (χ1) is 8.15. The molecule has 0 spiro atoms. The average Bonchev–Trinajstić information content (AvgIpc) is 2.33. The van der Waals surface area contributed by atoms with E-state index >= 15 is 0 Å². The van der Waals surface area contributed by atoms with Crippen molar-refractivity contribution in [3.05, 3.63) is 63.3 Å². The zero-order chi connectivity index (χ0) is 12.3. The third-order valence-electron chi connectivity index (χ3n) is 2.29. The molecular formula is C13H9BrClNO. The number of hydrogen-bond donors (Lipinski definition) is 0. The number of benzene rings is 1. The van der Waals surface area contributed by atoms with Gasteiger partial charge in [0.25, 0.3) is 0 Å². The van der Waals surface area contributed by atoms with Gasteiger partial charge in [0, 0.05) is 22.1 Å². The maximum absolute atomic E-state index is 11.9. The van der Waals surface area contributed by atoms with Gasteiger partial charge in [0.1, 0.15) is 5.69 Å². The Hall–Kier alpha value is -1.19. The summed E-state index contributed by atoms with van der Waals surface area (Å²) in [5.41, 5.74) is 1.41. The molecule has 4 heteroatoms. The van der Waals surface area contributed by atoms with Crippen molar-refractivity contribution in [2.24, 2.45) is 0 Å². The van der Waals surface area contributed by atoms with Crippen LogP contribution in [-0.4, -0.2) is 10.8 Å². The molecule has 0 aliphatic carbocycles. The Bertz CT molecular complexity index is 522. The smallest absolute Gasteiger partial charge is 0.185 e. The van der Waals surface area contributed by atoms with Gasteiger partial charge in [-0.2, -0.15) is 0 Å². The fraction of sp³-hybridized carbons (Fsp3) is 0.0769. The van der Waals surface area contributed by atoms with E-state index in [0.717, 1.165) is 10.0 Å². The molecule has 1 heterocycles. The van der Waals surface area contributed by atoms with Crippen LogP contribution in [0.5, 0.6) is 0 Å². The summed E-state index contributed by atoms with van der Waals surface area (Å²) in [7, 11) is 0. The first-order valence-electron chi connectivity index (χ1n) is 5.04. The molecule has 0 fully saturated rings. The molecule has 0 radical (unpaired) electrons. The Balaban J connectivity index is 2.11. The molecule has 0 amide bonds. The van der Waals surface area contributed by atoms with Crippen molar-refractivity contribution in [2.75, 3.05) is 0 Å². The predicted octanol–water partition coefficient (Wildman–Crippen LogP) is 3.92. The Morgan fingerprint density at radius 3 is 2.47 bits per heavy atom. The summed E-state index contributed by atoms with van der Waals surface area (Å²) >= 11 is 9.06. The first-order valence-corrected chi connectivity index (χ1v) is 6.21. The van der Waals surface area contributed by atoms with Gasteiger partial charge in [-0.15, -0.1) is 0 Å². The van der Waals surface area contributed by atoms with Gasteiger partial charge >= 0.3 is 0 Å². The number of rotatable bonds is 3. The van der Waals surface area contributed by atoms with Gasteiger partial charge in [0.15, 0.2) is 5.78 Å². The zero-order valence-electron chi connectivity index (χ0n) is 8.86. The van der Waals surface area contributed by atoms with Crippen LogP contribution in [0.4, 0.5) is 0 Å². The molecule has 1 aromatic heterocycles. The molecule has 0 atom stereocenters. The molecule has 0 bridgehead atoms. The van der Waals surface area contributed by atoms with Crippen molar-refractivity contribution in [1.82, 2.24) is 4.98 Å². The maximum atomic E-state index is 11.9. The Morgan fingerprint density at radius 1 is 1.18 bits per heavy atom. The van der Waals surface area contributed by atoms with Crippen LogP contribution in [-0.2, 0) is 6.42 Å². The highest BCUT2D eigenvalue weighted by atomic mass is 79.9. The van der Waals surface area contributed by atoms with Crippen molar-refractivity contribution in [3.63, 3.8) is 0 Å². The fourth-order valence-corrected chi connectivity index (χ4v) is 1.78. The lowest BCUT2D eigenvalue weighted by Gasteiger charge is -2.01. The SMILES string of the molecule is O=C(Cc1ccc(Cl)cc1)c1ccc(Br)cn1. The summed E-state index contributed by atoms with van der Waals surface area (Å²) in [5, 5.41) is 0.669. The second-order valence-corrected chi connectivity index (χ2v) is 4.94. The number of pyridine rings is 1. The van der Waals surface area contributed by atoms with Crippen molar-refractivity contribution in [2.45, 2.75) is 6.42 Å². The van der Waals surface area contributed by atoms with Crippen LogP contribution in [0, 0.1) is 0 Å². The molecule has 2 rings (SSSR count). The summed E-state index contributed by atoms with van der Waals surface area (Å²) in [6, 6.07) is 10.8. The summed E-state index contributed by atoms with van der Waals surface area (Å²) in [4.78, 5) is 16.0. The van der Waals surface area contributed by atoms with E-state index in [4.69, 9.17) is 11.6 Å². The highest BCUT2D eigenvalue weighted by molar-refractivity contribution is 9.10. The second-order valence-electron chi connectivity index (χ2n) is 3.59. The number of Topliss-reactive ketones (excluding diaryl/α,β-unsaturated/α-hetero) is 1. The topological polar surface area (TPSA) is 30.0 Å². The van der Waals surface area contributed by atoms with E-state index in [1.807, 2.05) is 18.2 Å². The summed E-state index contributed by atoms with van der Waals surface area (Å²) in [6.45, 7) is 0. The molecule has 0 unspecified atom stereocenters.